The SMILES string of the molecule is CC(=O)N1CCN(c2ccnc(-c3c[nH]c4ncc(Cl)cc34)n2)[C@H](C(=O)NCC(F)(F)F)C1. The van der Waals surface area contributed by atoms with Crippen molar-refractivity contribution >= 4 is 40.3 Å². The minimum absolute atomic E-state index is 0.0645. The molecule has 9 nitrogen and oxygen atoms in total. The van der Waals surface area contributed by atoms with Crippen LogP contribution in [0.3, 0.4) is 0 Å². The van der Waals surface area contributed by atoms with Crippen molar-refractivity contribution in [2.75, 3.05) is 31.1 Å². The maximum atomic E-state index is 12.7. The summed E-state index contributed by atoms with van der Waals surface area (Å²) in [5, 5.41) is 3.04. The third-order valence-electron chi connectivity index (χ3n) is 5.27. The van der Waals surface area contributed by atoms with Crippen molar-refractivity contribution in [1.82, 2.24) is 30.2 Å². The highest BCUT2D eigenvalue weighted by atomic mass is 35.5. The molecule has 174 valence electrons. The predicted molar refractivity (Wildman–Crippen MR) is 115 cm³/mol. The van der Waals surface area contributed by atoms with E-state index in [0.29, 0.717) is 39.8 Å². The van der Waals surface area contributed by atoms with Crippen molar-refractivity contribution < 1.29 is 22.8 Å². The van der Waals surface area contributed by atoms with Crippen LogP contribution in [0.2, 0.25) is 5.02 Å². The Bertz CT molecular complexity index is 1200. The third-order valence-corrected chi connectivity index (χ3v) is 5.47. The lowest BCUT2D eigenvalue weighted by atomic mass is 10.1. The summed E-state index contributed by atoms with van der Waals surface area (Å²) in [6, 6.07) is 2.23. The number of nitrogens with zero attached hydrogens (tertiary/aromatic N) is 5. The topological polar surface area (TPSA) is 107 Å². The van der Waals surface area contributed by atoms with E-state index in [1.807, 2.05) is 5.32 Å². The summed E-state index contributed by atoms with van der Waals surface area (Å²) in [6.07, 6.45) is 0.118. The number of halogens is 4. The monoisotopic (exact) mass is 481 g/mol. The number of aromatic amines is 1. The van der Waals surface area contributed by atoms with Gasteiger partial charge >= 0.3 is 6.18 Å². The predicted octanol–water partition coefficient (Wildman–Crippen LogP) is 2.39. The van der Waals surface area contributed by atoms with E-state index < -0.39 is 24.7 Å². The average molecular weight is 482 g/mol. The average Bonchev–Trinajstić information content (AvgIpc) is 3.19. The minimum atomic E-state index is -4.55. The third kappa shape index (κ3) is 5.00. The first-order valence-corrected chi connectivity index (χ1v) is 10.3. The van der Waals surface area contributed by atoms with Gasteiger partial charge in [0.05, 0.1) is 11.6 Å². The molecular formula is C20H19ClF3N7O2. The molecule has 2 amide bonds. The molecule has 1 saturated heterocycles. The number of hydrogen-bond donors (Lipinski definition) is 2. The zero-order valence-corrected chi connectivity index (χ0v) is 18.1. The number of nitrogens with one attached hydrogen (secondary N) is 2. The number of amides is 2. The van der Waals surface area contributed by atoms with Gasteiger partial charge in [-0.25, -0.2) is 15.0 Å². The summed E-state index contributed by atoms with van der Waals surface area (Å²) < 4.78 is 37.9. The Morgan fingerprint density at radius 3 is 2.82 bits per heavy atom. The van der Waals surface area contributed by atoms with Crippen molar-refractivity contribution in [3.8, 4) is 11.4 Å². The van der Waals surface area contributed by atoms with Crippen molar-refractivity contribution in [2.24, 2.45) is 0 Å². The molecule has 0 spiro atoms. The first kappa shape index (κ1) is 22.8. The van der Waals surface area contributed by atoms with Crippen LogP contribution in [0, 0.1) is 0 Å². The molecule has 2 N–H and O–H groups in total. The van der Waals surface area contributed by atoms with E-state index >= 15 is 0 Å². The smallest absolute Gasteiger partial charge is 0.345 e. The highest BCUT2D eigenvalue weighted by molar-refractivity contribution is 6.31. The lowest BCUT2D eigenvalue weighted by Gasteiger charge is -2.40. The van der Waals surface area contributed by atoms with Crippen LogP contribution in [0.5, 0.6) is 0 Å². The molecule has 3 aromatic heterocycles. The number of hydrogen-bond acceptors (Lipinski definition) is 6. The van der Waals surface area contributed by atoms with Gasteiger partial charge in [0.25, 0.3) is 0 Å². The number of rotatable bonds is 4. The number of H-pyrrole nitrogens is 1. The van der Waals surface area contributed by atoms with Crippen LogP contribution in [0.4, 0.5) is 19.0 Å². The van der Waals surface area contributed by atoms with Gasteiger partial charge in [0, 0.05) is 49.6 Å². The van der Waals surface area contributed by atoms with Gasteiger partial charge in [0.1, 0.15) is 24.1 Å². The molecule has 3 aromatic rings. The molecule has 0 saturated carbocycles. The number of fused-ring (bicyclic) bond motifs is 1. The fraction of sp³-hybridized carbons (Fsp3) is 0.350. The fourth-order valence-corrected chi connectivity index (χ4v) is 3.83. The summed E-state index contributed by atoms with van der Waals surface area (Å²) in [7, 11) is 0. The van der Waals surface area contributed by atoms with Gasteiger partial charge in [0.15, 0.2) is 5.82 Å². The van der Waals surface area contributed by atoms with Crippen molar-refractivity contribution in [3.63, 3.8) is 0 Å². The minimum Gasteiger partial charge on any atom is -0.345 e. The quantitative estimate of drug-likeness (QED) is 0.592. The number of anilines is 1. The van der Waals surface area contributed by atoms with Crippen LogP contribution in [0.25, 0.3) is 22.4 Å². The van der Waals surface area contributed by atoms with E-state index in [9.17, 15) is 22.8 Å². The second kappa shape index (κ2) is 8.85. The van der Waals surface area contributed by atoms with E-state index in [4.69, 9.17) is 11.6 Å². The van der Waals surface area contributed by atoms with Gasteiger partial charge in [-0.05, 0) is 12.1 Å². The van der Waals surface area contributed by atoms with Gasteiger partial charge in [-0.1, -0.05) is 11.6 Å². The number of carbonyl (C=O) groups is 2. The van der Waals surface area contributed by atoms with Gasteiger partial charge in [-0.15, -0.1) is 0 Å². The maximum Gasteiger partial charge on any atom is 0.405 e. The molecule has 33 heavy (non-hydrogen) atoms. The standard InChI is InChI=1S/C20H19ClF3N7O2/c1-11(32)30-4-5-31(15(9-30)19(33)28-10-20(22,23)24)16-2-3-25-18(29-16)14-8-27-17-13(14)6-12(21)7-26-17/h2-3,6-8,15H,4-5,9-10H2,1H3,(H,26,27)(H,28,33)/t15-/m0/s1. The van der Waals surface area contributed by atoms with Crippen LogP contribution in [0.1, 0.15) is 6.92 Å². The highest BCUT2D eigenvalue weighted by Gasteiger charge is 2.36. The molecule has 0 aliphatic carbocycles. The van der Waals surface area contributed by atoms with E-state index in [-0.39, 0.29) is 19.0 Å². The molecule has 1 aliphatic heterocycles. The van der Waals surface area contributed by atoms with Crippen LogP contribution in [-0.2, 0) is 9.59 Å². The highest BCUT2D eigenvalue weighted by Crippen LogP contribution is 2.29. The molecule has 13 heteroatoms. The number of carbonyl (C=O) groups excluding carboxylic acids is 2. The molecule has 0 unspecified atom stereocenters. The summed E-state index contributed by atoms with van der Waals surface area (Å²) in [4.78, 5) is 43.6. The molecule has 4 heterocycles. The van der Waals surface area contributed by atoms with Gasteiger partial charge in [0.2, 0.25) is 11.8 Å². The van der Waals surface area contributed by atoms with E-state index in [1.54, 1.807) is 23.2 Å². The Balaban J connectivity index is 1.66. The van der Waals surface area contributed by atoms with Gasteiger partial charge in [-0.2, -0.15) is 13.2 Å². The van der Waals surface area contributed by atoms with Crippen LogP contribution < -0.4 is 10.2 Å². The zero-order chi connectivity index (χ0) is 23.8. The summed E-state index contributed by atoms with van der Waals surface area (Å²) in [6.45, 7) is 0.324. The van der Waals surface area contributed by atoms with Crippen LogP contribution >= 0.6 is 11.6 Å². The molecule has 4 rings (SSSR count). The fourth-order valence-electron chi connectivity index (χ4n) is 3.67. The molecule has 1 atom stereocenters. The van der Waals surface area contributed by atoms with E-state index in [0.717, 1.165) is 0 Å². The molecular weight excluding hydrogens is 463 g/mol. The molecule has 0 aromatic carbocycles. The van der Waals surface area contributed by atoms with Crippen molar-refractivity contribution in [1.29, 1.82) is 0 Å². The largest absolute Gasteiger partial charge is 0.405 e. The zero-order valence-electron chi connectivity index (χ0n) is 17.4. The normalized spacial score (nSPS) is 16.8. The number of pyridine rings is 1. The Hall–Kier alpha value is -3.41. The molecule has 0 bridgehead atoms. The molecule has 1 aliphatic rings. The van der Waals surface area contributed by atoms with E-state index in [2.05, 4.69) is 19.9 Å². The number of aromatic nitrogens is 4. The van der Waals surface area contributed by atoms with Gasteiger partial charge in [-0.3, -0.25) is 9.59 Å². The summed E-state index contributed by atoms with van der Waals surface area (Å²) in [5.74, 6) is -0.442. The van der Waals surface area contributed by atoms with Crippen molar-refractivity contribution in [2.45, 2.75) is 19.1 Å². The number of piperazine rings is 1. The first-order valence-electron chi connectivity index (χ1n) is 9.95. The second-order valence-corrected chi connectivity index (χ2v) is 7.93. The molecule has 1 fully saturated rings. The van der Waals surface area contributed by atoms with Gasteiger partial charge < -0.3 is 20.1 Å². The van der Waals surface area contributed by atoms with Crippen molar-refractivity contribution in [3.05, 3.63) is 35.7 Å². The lowest BCUT2D eigenvalue weighted by molar-refractivity contribution is -0.140. The van der Waals surface area contributed by atoms with E-state index in [1.165, 1.54) is 24.2 Å². The number of alkyl halides is 3. The summed E-state index contributed by atoms with van der Waals surface area (Å²) in [5.41, 5.74) is 1.21. The Morgan fingerprint density at radius 1 is 1.30 bits per heavy atom. The summed E-state index contributed by atoms with van der Waals surface area (Å²) >= 11 is 6.06. The Kier molecular flexibility index (Phi) is 6.11. The lowest BCUT2D eigenvalue weighted by Crippen LogP contribution is -2.60. The first-order chi connectivity index (χ1) is 15.6. The molecule has 0 radical (unpaired) electrons. The Labute approximate surface area is 191 Å². The van der Waals surface area contributed by atoms with Crippen LogP contribution in [-0.4, -0.2) is 75.0 Å². The Morgan fingerprint density at radius 2 is 2.09 bits per heavy atom. The maximum absolute atomic E-state index is 12.7. The second-order valence-electron chi connectivity index (χ2n) is 7.50. The van der Waals surface area contributed by atoms with Crippen LogP contribution in [0.15, 0.2) is 30.7 Å².